The molecule has 0 unspecified atom stereocenters. The second-order valence-corrected chi connectivity index (χ2v) is 5.10. The van der Waals surface area contributed by atoms with Crippen LogP contribution in [0.4, 0.5) is 5.82 Å². The number of aromatic nitrogens is 2. The SMILES string of the molecule is NC(=O)C(=NNc1ncnc2ccccc12)c1cccs1. The first kappa shape index (κ1) is 13.2. The Hall–Kier alpha value is -2.80. The minimum atomic E-state index is -0.594. The number of carbonyl (C=O) groups excluding carboxylic acids is 1. The Morgan fingerprint density at radius 1 is 1.19 bits per heavy atom. The summed E-state index contributed by atoms with van der Waals surface area (Å²) in [5.74, 6) is -0.0702. The number of benzene rings is 1. The van der Waals surface area contributed by atoms with Crippen LogP contribution in [0.25, 0.3) is 10.9 Å². The highest BCUT2D eigenvalue weighted by Gasteiger charge is 2.12. The van der Waals surface area contributed by atoms with Gasteiger partial charge in [0.25, 0.3) is 5.91 Å². The molecule has 0 aliphatic rings. The highest BCUT2D eigenvalue weighted by molar-refractivity contribution is 7.13. The van der Waals surface area contributed by atoms with Crippen LogP contribution < -0.4 is 11.2 Å². The molecule has 3 rings (SSSR count). The standard InChI is InChI=1S/C14H11N5OS/c15-13(20)12(11-6-3-7-21-11)18-19-14-9-4-1-2-5-10(9)16-8-17-14/h1-8H,(H2,15,20)(H,16,17,19). The molecule has 2 aromatic heterocycles. The predicted molar refractivity (Wildman–Crippen MR) is 83.2 cm³/mol. The van der Waals surface area contributed by atoms with Gasteiger partial charge in [-0.1, -0.05) is 18.2 Å². The molecule has 1 amide bonds. The summed E-state index contributed by atoms with van der Waals surface area (Å²) in [6.07, 6.45) is 1.44. The van der Waals surface area contributed by atoms with Gasteiger partial charge in [-0.05, 0) is 23.6 Å². The third kappa shape index (κ3) is 2.72. The van der Waals surface area contributed by atoms with Gasteiger partial charge in [-0.3, -0.25) is 10.2 Å². The number of amides is 1. The molecule has 0 bridgehead atoms. The summed E-state index contributed by atoms with van der Waals surface area (Å²) < 4.78 is 0. The van der Waals surface area contributed by atoms with Crippen LogP contribution in [0.15, 0.2) is 53.2 Å². The lowest BCUT2D eigenvalue weighted by Crippen LogP contribution is -2.24. The monoisotopic (exact) mass is 297 g/mol. The van der Waals surface area contributed by atoms with E-state index in [4.69, 9.17) is 5.73 Å². The molecule has 0 spiro atoms. The Labute approximate surface area is 124 Å². The zero-order valence-electron chi connectivity index (χ0n) is 10.9. The quantitative estimate of drug-likeness (QED) is 0.569. The number of nitrogens with two attached hydrogens (primary N) is 1. The first-order valence-electron chi connectivity index (χ1n) is 6.13. The van der Waals surface area contributed by atoms with Crippen LogP contribution in [0, 0.1) is 0 Å². The molecule has 0 saturated carbocycles. The maximum atomic E-state index is 11.5. The number of nitrogens with zero attached hydrogens (tertiary/aromatic N) is 3. The van der Waals surface area contributed by atoms with Crippen molar-refractivity contribution >= 4 is 39.7 Å². The second-order valence-electron chi connectivity index (χ2n) is 4.15. The zero-order valence-corrected chi connectivity index (χ0v) is 11.7. The van der Waals surface area contributed by atoms with Crippen LogP contribution >= 0.6 is 11.3 Å². The second kappa shape index (κ2) is 5.68. The Balaban J connectivity index is 1.98. The number of hydrazone groups is 1. The molecular weight excluding hydrogens is 286 g/mol. The van der Waals surface area contributed by atoms with Crippen molar-refractivity contribution in [2.75, 3.05) is 5.43 Å². The number of para-hydroxylation sites is 1. The summed E-state index contributed by atoms with van der Waals surface area (Å²) in [5.41, 5.74) is 9.14. The first-order chi connectivity index (χ1) is 10.3. The molecule has 1 aromatic carbocycles. The molecule has 3 aromatic rings. The molecule has 6 nitrogen and oxygen atoms in total. The summed E-state index contributed by atoms with van der Waals surface area (Å²) in [6, 6.07) is 11.1. The average Bonchev–Trinajstić information content (AvgIpc) is 3.01. The topological polar surface area (TPSA) is 93.3 Å². The molecule has 7 heteroatoms. The van der Waals surface area contributed by atoms with Crippen molar-refractivity contribution in [3.05, 3.63) is 53.0 Å². The summed E-state index contributed by atoms with van der Waals surface area (Å²) in [5, 5.41) is 6.77. The number of thiophene rings is 1. The van der Waals surface area contributed by atoms with E-state index in [0.29, 0.717) is 10.7 Å². The molecule has 0 saturated heterocycles. The fourth-order valence-electron chi connectivity index (χ4n) is 1.85. The largest absolute Gasteiger partial charge is 0.364 e. The third-order valence-corrected chi connectivity index (χ3v) is 3.68. The van der Waals surface area contributed by atoms with E-state index in [2.05, 4.69) is 20.5 Å². The molecule has 104 valence electrons. The van der Waals surface area contributed by atoms with E-state index < -0.39 is 5.91 Å². The first-order valence-corrected chi connectivity index (χ1v) is 7.01. The lowest BCUT2D eigenvalue weighted by atomic mass is 10.2. The maximum absolute atomic E-state index is 11.5. The number of rotatable bonds is 4. The van der Waals surface area contributed by atoms with Crippen LogP contribution in [-0.2, 0) is 4.79 Å². The van der Waals surface area contributed by atoms with E-state index in [1.807, 2.05) is 35.7 Å². The van der Waals surface area contributed by atoms with Crippen LogP contribution in [0.3, 0.4) is 0 Å². The Bertz CT molecular complexity index is 808. The Kier molecular flexibility index (Phi) is 3.57. The predicted octanol–water partition coefficient (Wildman–Crippen LogP) is 1.99. The van der Waals surface area contributed by atoms with Crippen molar-refractivity contribution in [1.82, 2.24) is 9.97 Å². The summed E-state index contributed by atoms with van der Waals surface area (Å²) in [4.78, 5) is 20.5. The number of primary amides is 1. The average molecular weight is 297 g/mol. The Morgan fingerprint density at radius 3 is 2.81 bits per heavy atom. The van der Waals surface area contributed by atoms with Crippen molar-refractivity contribution in [3.63, 3.8) is 0 Å². The molecule has 0 fully saturated rings. The molecular formula is C14H11N5OS. The number of carbonyl (C=O) groups is 1. The number of nitrogens with one attached hydrogen (secondary N) is 1. The summed E-state index contributed by atoms with van der Waals surface area (Å²) in [7, 11) is 0. The van der Waals surface area contributed by atoms with Crippen LogP contribution in [0.5, 0.6) is 0 Å². The van der Waals surface area contributed by atoms with Gasteiger partial charge < -0.3 is 5.73 Å². The number of anilines is 1. The smallest absolute Gasteiger partial charge is 0.270 e. The number of hydrogen-bond acceptors (Lipinski definition) is 6. The highest BCUT2D eigenvalue weighted by Crippen LogP contribution is 2.18. The third-order valence-electron chi connectivity index (χ3n) is 2.80. The van der Waals surface area contributed by atoms with E-state index in [9.17, 15) is 4.79 Å². The minimum absolute atomic E-state index is 0.174. The Morgan fingerprint density at radius 2 is 2.05 bits per heavy atom. The van der Waals surface area contributed by atoms with Gasteiger partial charge in [-0.2, -0.15) is 5.10 Å². The number of fused-ring (bicyclic) bond motifs is 1. The van der Waals surface area contributed by atoms with Gasteiger partial charge in [0.2, 0.25) is 0 Å². The molecule has 2 heterocycles. The van der Waals surface area contributed by atoms with Gasteiger partial charge in [0.15, 0.2) is 11.5 Å². The van der Waals surface area contributed by atoms with Crippen molar-refractivity contribution in [2.45, 2.75) is 0 Å². The molecule has 0 radical (unpaired) electrons. The van der Waals surface area contributed by atoms with Gasteiger partial charge in [0, 0.05) is 5.39 Å². The van der Waals surface area contributed by atoms with Gasteiger partial charge in [-0.15, -0.1) is 11.3 Å². The molecule has 3 N–H and O–H groups in total. The minimum Gasteiger partial charge on any atom is -0.364 e. The fourth-order valence-corrected chi connectivity index (χ4v) is 2.57. The zero-order chi connectivity index (χ0) is 14.7. The van der Waals surface area contributed by atoms with Crippen LogP contribution in [0.2, 0.25) is 0 Å². The fraction of sp³-hybridized carbons (Fsp3) is 0. The van der Waals surface area contributed by atoms with Gasteiger partial charge >= 0.3 is 0 Å². The van der Waals surface area contributed by atoms with Gasteiger partial charge in [0.05, 0.1) is 10.4 Å². The van der Waals surface area contributed by atoms with Crippen molar-refractivity contribution in [3.8, 4) is 0 Å². The van der Waals surface area contributed by atoms with Gasteiger partial charge in [0.1, 0.15) is 6.33 Å². The maximum Gasteiger partial charge on any atom is 0.270 e. The van der Waals surface area contributed by atoms with Crippen molar-refractivity contribution in [1.29, 1.82) is 0 Å². The van der Waals surface area contributed by atoms with Crippen molar-refractivity contribution < 1.29 is 4.79 Å². The normalized spacial score (nSPS) is 11.5. The van der Waals surface area contributed by atoms with Crippen LogP contribution in [0.1, 0.15) is 4.88 Å². The lowest BCUT2D eigenvalue weighted by Gasteiger charge is -2.05. The summed E-state index contributed by atoms with van der Waals surface area (Å²) in [6.45, 7) is 0. The van der Waals surface area contributed by atoms with E-state index in [-0.39, 0.29) is 5.71 Å². The molecule has 0 aliphatic carbocycles. The van der Waals surface area contributed by atoms with Crippen molar-refractivity contribution in [2.24, 2.45) is 10.8 Å². The lowest BCUT2D eigenvalue weighted by molar-refractivity contribution is -0.111. The van der Waals surface area contributed by atoms with Gasteiger partial charge in [-0.25, -0.2) is 9.97 Å². The van der Waals surface area contributed by atoms with E-state index in [1.54, 1.807) is 6.07 Å². The van der Waals surface area contributed by atoms with E-state index in [0.717, 1.165) is 10.9 Å². The van der Waals surface area contributed by atoms with E-state index >= 15 is 0 Å². The highest BCUT2D eigenvalue weighted by atomic mass is 32.1. The summed E-state index contributed by atoms with van der Waals surface area (Å²) >= 11 is 1.39. The molecule has 0 aliphatic heterocycles. The van der Waals surface area contributed by atoms with E-state index in [1.165, 1.54) is 17.7 Å². The van der Waals surface area contributed by atoms with Crippen LogP contribution in [-0.4, -0.2) is 21.6 Å². The number of hydrogen-bond donors (Lipinski definition) is 2. The molecule has 0 atom stereocenters. The molecule has 21 heavy (non-hydrogen) atoms.